The molecule has 0 atom stereocenters. The quantitative estimate of drug-likeness (QED) is 0.307. The molecule has 2 aromatic heterocycles. The molecule has 1 amide bonds. The van der Waals surface area contributed by atoms with Gasteiger partial charge in [-0.1, -0.05) is 48.5 Å². The molecule has 7 heteroatoms. The van der Waals surface area contributed by atoms with Gasteiger partial charge >= 0.3 is 0 Å². The Morgan fingerprint density at radius 1 is 0.935 bits per heavy atom. The van der Waals surface area contributed by atoms with Crippen molar-refractivity contribution in [2.45, 2.75) is 12.8 Å². The number of pyridine rings is 2. The van der Waals surface area contributed by atoms with Crippen molar-refractivity contribution in [3.63, 3.8) is 0 Å². The summed E-state index contributed by atoms with van der Waals surface area (Å²) in [5, 5.41) is 18.0. The summed E-state index contributed by atoms with van der Waals surface area (Å²) in [5.74, 6) is -0.625. The highest BCUT2D eigenvalue weighted by molar-refractivity contribution is 6.05. The van der Waals surface area contributed by atoms with Crippen LogP contribution < -0.4 is 5.48 Å². The van der Waals surface area contributed by atoms with Gasteiger partial charge < -0.3 is 5.11 Å². The van der Waals surface area contributed by atoms with E-state index in [-0.39, 0.29) is 24.6 Å². The molecule has 6 nitrogen and oxygen atoms in total. The number of nitrogens with one attached hydrogen (secondary N) is 1. The van der Waals surface area contributed by atoms with Crippen molar-refractivity contribution in [1.29, 1.82) is 0 Å². The van der Waals surface area contributed by atoms with Gasteiger partial charge in [0.2, 0.25) is 0 Å². The van der Waals surface area contributed by atoms with E-state index in [1.807, 2.05) is 24.3 Å². The van der Waals surface area contributed by atoms with Crippen LogP contribution in [0.25, 0.3) is 33.4 Å². The number of halogens is 1. The minimum Gasteiger partial charge on any atom is -0.396 e. The second kappa shape index (κ2) is 10.1. The van der Waals surface area contributed by atoms with Gasteiger partial charge in [-0.2, -0.15) is 0 Å². The highest BCUT2D eigenvalue weighted by Crippen LogP contribution is 2.27. The standard InChI is InChI=1S/C24H21N3O3.ClH/c28-14-2-3-16-5-7-17(8-6-16)18-9-11-19(12-10-18)22-15-20(24(29)27-30)23-21(26-22)4-1-13-25-23;/h1,4-13,15,28,30H,2-3,14H2,(H,27,29);1H. The van der Waals surface area contributed by atoms with Gasteiger partial charge in [-0.25, -0.2) is 10.5 Å². The number of hydrogen-bond acceptors (Lipinski definition) is 5. The lowest BCUT2D eigenvalue weighted by molar-refractivity contribution is 0.0708. The predicted octanol–water partition coefficient (Wildman–Crippen LogP) is 4.43. The van der Waals surface area contributed by atoms with Crippen molar-refractivity contribution in [2.24, 2.45) is 0 Å². The summed E-state index contributed by atoms with van der Waals surface area (Å²) in [6.07, 6.45) is 3.21. The molecule has 31 heavy (non-hydrogen) atoms. The Bertz CT molecular complexity index is 1180. The molecule has 2 aromatic carbocycles. The van der Waals surface area contributed by atoms with E-state index >= 15 is 0 Å². The molecule has 0 aliphatic heterocycles. The molecule has 4 rings (SSSR count). The summed E-state index contributed by atoms with van der Waals surface area (Å²) in [6, 6.07) is 21.4. The van der Waals surface area contributed by atoms with Crippen molar-refractivity contribution in [2.75, 3.05) is 6.61 Å². The molecule has 2 heterocycles. The van der Waals surface area contributed by atoms with E-state index in [0.29, 0.717) is 16.7 Å². The van der Waals surface area contributed by atoms with Crippen molar-refractivity contribution >= 4 is 29.3 Å². The molecule has 0 aliphatic rings. The summed E-state index contributed by atoms with van der Waals surface area (Å²) >= 11 is 0. The second-order valence-corrected chi connectivity index (χ2v) is 6.97. The van der Waals surface area contributed by atoms with Crippen molar-refractivity contribution in [1.82, 2.24) is 15.4 Å². The van der Waals surface area contributed by atoms with Gasteiger partial charge in [0.1, 0.15) is 5.52 Å². The van der Waals surface area contributed by atoms with E-state index in [1.165, 1.54) is 5.56 Å². The molecular weight excluding hydrogens is 414 g/mol. The number of aryl methyl sites for hydroxylation is 1. The van der Waals surface area contributed by atoms with E-state index in [2.05, 4.69) is 34.2 Å². The normalized spacial score (nSPS) is 10.5. The molecular formula is C24H22ClN3O3. The van der Waals surface area contributed by atoms with Crippen LogP contribution in [0.2, 0.25) is 0 Å². The number of rotatable bonds is 6. The number of aliphatic hydroxyl groups excluding tert-OH is 1. The molecule has 0 fully saturated rings. The van der Waals surface area contributed by atoms with Gasteiger partial charge in [-0.05, 0) is 47.7 Å². The molecule has 0 unspecified atom stereocenters. The summed E-state index contributed by atoms with van der Waals surface area (Å²) in [5.41, 5.74) is 7.82. The van der Waals surface area contributed by atoms with Crippen LogP contribution in [0.4, 0.5) is 0 Å². The zero-order valence-electron chi connectivity index (χ0n) is 16.7. The Morgan fingerprint density at radius 2 is 1.58 bits per heavy atom. The average Bonchev–Trinajstić information content (AvgIpc) is 2.82. The van der Waals surface area contributed by atoms with Crippen LogP contribution in [-0.4, -0.2) is 32.8 Å². The maximum absolute atomic E-state index is 12.1. The zero-order valence-corrected chi connectivity index (χ0v) is 17.5. The molecule has 0 saturated heterocycles. The lowest BCUT2D eigenvalue weighted by Crippen LogP contribution is -2.19. The van der Waals surface area contributed by atoms with Gasteiger partial charge in [-0.15, -0.1) is 12.4 Å². The molecule has 0 saturated carbocycles. The average molecular weight is 436 g/mol. The maximum Gasteiger partial charge on any atom is 0.276 e. The fourth-order valence-electron chi connectivity index (χ4n) is 3.42. The third kappa shape index (κ3) is 4.88. The SMILES string of the molecule is Cl.O=C(NO)c1cc(-c2ccc(-c3ccc(CCCO)cc3)cc2)nc2cccnc12. The topological polar surface area (TPSA) is 95.3 Å². The van der Waals surface area contributed by atoms with Crippen LogP contribution in [0.1, 0.15) is 22.3 Å². The smallest absolute Gasteiger partial charge is 0.276 e. The van der Waals surface area contributed by atoms with E-state index in [1.54, 1.807) is 29.9 Å². The van der Waals surface area contributed by atoms with Crippen molar-refractivity contribution < 1.29 is 15.1 Å². The van der Waals surface area contributed by atoms with Crippen LogP contribution in [0.15, 0.2) is 72.9 Å². The Kier molecular flexibility index (Phi) is 7.31. The van der Waals surface area contributed by atoms with Gasteiger partial charge in [0.25, 0.3) is 5.91 Å². The highest BCUT2D eigenvalue weighted by atomic mass is 35.5. The first-order chi connectivity index (χ1) is 14.7. The van der Waals surface area contributed by atoms with Crippen molar-refractivity contribution in [3.8, 4) is 22.4 Å². The Hall–Kier alpha value is -3.32. The first-order valence-electron chi connectivity index (χ1n) is 9.70. The lowest BCUT2D eigenvalue weighted by Gasteiger charge is -2.09. The van der Waals surface area contributed by atoms with Crippen LogP contribution in [0.3, 0.4) is 0 Å². The van der Waals surface area contributed by atoms with Crippen LogP contribution in [-0.2, 0) is 6.42 Å². The van der Waals surface area contributed by atoms with E-state index in [0.717, 1.165) is 29.5 Å². The number of hydroxylamine groups is 1. The van der Waals surface area contributed by atoms with Crippen LogP contribution in [0, 0.1) is 0 Å². The fraction of sp³-hybridized carbons (Fsp3) is 0.125. The minimum absolute atomic E-state index is 0. The molecule has 4 aromatic rings. The molecule has 0 aliphatic carbocycles. The van der Waals surface area contributed by atoms with E-state index in [9.17, 15) is 4.79 Å². The summed E-state index contributed by atoms with van der Waals surface area (Å²) in [6.45, 7) is 0.198. The van der Waals surface area contributed by atoms with E-state index < -0.39 is 5.91 Å². The van der Waals surface area contributed by atoms with Gasteiger partial charge in [0, 0.05) is 18.4 Å². The molecule has 0 bridgehead atoms. The van der Waals surface area contributed by atoms with Crippen LogP contribution in [0.5, 0.6) is 0 Å². The number of benzene rings is 2. The Balaban J connectivity index is 0.00000272. The minimum atomic E-state index is -0.625. The molecule has 0 radical (unpaired) electrons. The molecule has 0 spiro atoms. The molecule has 3 N–H and O–H groups in total. The number of aromatic nitrogens is 2. The number of fused-ring (bicyclic) bond motifs is 1. The third-order valence-corrected chi connectivity index (χ3v) is 5.00. The summed E-state index contributed by atoms with van der Waals surface area (Å²) < 4.78 is 0. The van der Waals surface area contributed by atoms with Crippen molar-refractivity contribution in [3.05, 3.63) is 84.1 Å². The van der Waals surface area contributed by atoms with E-state index in [4.69, 9.17) is 10.3 Å². The summed E-state index contributed by atoms with van der Waals surface area (Å²) in [4.78, 5) is 20.9. The first-order valence-corrected chi connectivity index (χ1v) is 9.70. The monoisotopic (exact) mass is 435 g/mol. The summed E-state index contributed by atoms with van der Waals surface area (Å²) in [7, 11) is 0. The number of nitrogens with zero attached hydrogens (tertiary/aromatic N) is 2. The number of carbonyl (C=O) groups is 1. The Labute approximate surface area is 186 Å². The van der Waals surface area contributed by atoms with Crippen LogP contribution >= 0.6 is 12.4 Å². The maximum atomic E-state index is 12.1. The third-order valence-electron chi connectivity index (χ3n) is 5.00. The highest BCUT2D eigenvalue weighted by Gasteiger charge is 2.14. The number of amides is 1. The van der Waals surface area contributed by atoms with Gasteiger partial charge in [0.15, 0.2) is 0 Å². The number of carbonyl (C=O) groups excluding carboxylic acids is 1. The number of aliphatic hydroxyl groups is 1. The lowest BCUT2D eigenvalue weighted by atomic mass is 9.99. The van der Waals surface area contributed by atoms with Gasteiger partial charge in [-0.3, -0.25) is 15.0 Å². The second-order valence-electron chi connectivity index (χ2n) is 6.97. The zero-order chi connectivity index (χ0) is 20.9. The molecule has 158 valence electrons. The fourth-order valence-corrected chi connectivity index (χ4v) is 3.42. The largest absolute Gasteiger partial charge is 0.396 e. The Morgan fingerprint density at radius 3 is 2.23 bits per heavy atom. The van der Waals surface area contributed by atoms with Gasteiger partial charge in [0.05, 0.1) is 16.8 Å². The number of hydrogen-bond donors (Lipinski definition) is 3. The predicted molar refractivity (Wildman–Crippen MR) is 122 cm³/mol. The first kappa shape index (κ1) is 22.4.